The topological polar surface area (TPSA) is 93.2 Å². The number of nitro groups is 1. The third-order valence-corrected chi connectivity index (χ3v) is 3.61. The molecule has 0 atom stereocenters. The summed E-state index contributed by atoms with van der Waals surface area (Å²) in [6, 6.07) is 0. The molecule has 114 valence electrons. The number of nitrogens with one attached hydrogen (secondary N) is 1. The Balaban J connectivity index is 3.05. The predicted molar refractivity (Wildman–Crippen MR) is 77.9 cm³/mol. The molecule has 0 saturated carbocycles. The van der Waals surface area contributed by atoms with Crippen LogP contribution in [0.5, 0.6) is 0 Å². The second kappa shape index (κ2) is 6.69. The number of aryl methyl sites for hydroxylation is 2. The van der Waals surface area contributed by atoms with Crippen LogP contribution in [-0.2, 0) is 6.54 Å². The van der Waals surface area contributed by atoms with Gasteiger partial charge in [-0.1, -0.05) is 20.8 Å². The smallest absolute Gasteiger partial charge is 0.333 e. The molecule has 7 nitrogen and oxygen atoms in total. The largest absolute Gasteiger partial charge is 0.388 e. The molecule has 0 aliphatic carbocycles. The van der Waals surface area contributed by atoms with Gasteiger partial charge in [0.2, 0.25) is 5.82 Å². The molecule has 0 amide bonds. The van der Waals surface area contributed by atoms with E-state index in [9.17, 15) is 15.2 Å². The normalized spacial score (nSPS) is 11.7. The molecule has 0 radical (unpaired) electrons. The standard InChI is InChI=1S/C13H24N4O3/c1-5-8-16-12(11(17(19)20)10(4)15-16)14-9-13(18,6-2)7-3/h14,18H,5-9H2,1-4H3. The zero-order chi connectivity index (χ0) is 15.3. The average molecular weight is 284 g/mol. The van der Waals surface area contributed by atoms with E-state index in [1.54, 1.807) is 11.6 Å². The Labute approximate surface area is 119 Å². The minimum Gasteiger partial charge on any atom is -0.388 e. The number of aromatic nitrogens is 2. The lowest BCUT2D eigenvalue weighted by Crippen LogP contribution is -2.36. The van der Waals surface area contributed by atoms with Crippen molar-refractivity contribution >= 4 is 11.5 Å². The molecule has 0 spiro atoms. The molecule has 0 aliphatic heterocycles. The fourth-order valence-corrected chi connectivity index (χ4v) is 2.09. The highest BCUT2D eigenvalue weighted by molar-refractivity contribution is 5.59. The van der Waals surface area contributed by atoms with Crippen molar-refractivity contribution in [3.8, 4) is 0 Å². The Bertz CT molecular complexity index is 466. The average Bonchev–Trinajstić information content (AvgIpc) is 2.72. The summed E-state index contributed by atoms with van der Waals surface area (Å²) in [5.74, 6) is 0.384. The maximum atomic E-state index is 11.2. The summed E-state index contributed by atoms with van der Waals surface area (Å²) in [5, 5.41) is 28.7. The van der Waals surface area contributed by atoms with Crippen LogP contribution in [0.2, 0.25) is 0 Å². The third-order valence-electron chi connectivity index (χ3n) is 3.61. The fraction of sp³-hybridized carbons (Fsp3) is 0.769. The lowest BCUT2D eigenvalue weighted by Gasteiger charge is -2.25. The minimum atomic E-state index is -0.858. The SMILES string of the molecule is CCCn1nc(C)c([N+](=O)[O-])c1NCC(O)(CC)CC. The maximum absolute atomic E-state index is 11.2. The van der Waals surface area contributed by atoms with Gasteiger partial charge in [0.15, 0.2) is 0 Å². The number of nitrogens with zero attached hydrogens (tertiary/aromatic N) is 3. The molecular formula is C13H24N4O3. The van der Waals surface area contributed by atoms with Crippen molar-refractivity contribution in [2.24, 2.45) is 0 Å². The first kappa shape index (κ1) is 16.4. The van der Waals surface area contributed by atoms with Crippen molar-refractivity contribution in [2.45, 2.75) is 59.1 Å². The van der Waals surface area contributed by atoms with Crippen LogP contribution in [0.1, 0.15) is 45.7 Å². The molecule has 1 aromatic heterocycles. The summed E-state index contributed by atoms with van der Waals surface area (Å²) in [6.45, 7) is 8.29. The maximum Gasteiger partial charge on any atom is 0.333 e. The lowest BCUT2D eigenvalue weighted by atomic mass is 9.98. The second-order valence-corrected chi connectivity index (χ2v) is 5.05. The Morgan fingerprint density at radius 1 is 1.40 bits per heavy atom. The van der Waals surface area contributed by atoms with Gasteiger partial charge < -0.3 is 10.4 Å². The van der Waals surface area contributed by atoms with Crippen LogP contribution in [-0.4, -0.2) is 32.0 Å². The van der Waals surface area contributed by atoms with Gasteiger partial charge in [-0.3, -0.25) is 10.1 Å². The number of hydrogen-bond donors (Lipinski definition) is 2. The summed E-state index contributed by atoms with van der Waals surface area (Å²) in [6.07, 6.45) is 2.01. The lowest BCUT2D eigenvalue weighted by molar-refractivity contribution is -0.384. The first-order chi connectivity index (χ1) is 9.38. The summed E-state index contributed by atoms with van der Waals surface area (Å²) < 4.78 is 1.61. The molecule has 0 fully saturated rings. The van der Waals surface area contributed by atoms with E-state index < -0.39 is 10.5 Å². The van der Waals surface area contributed by atoms with E-state index >= 15 is 0 Å². The van der Waals surface area contributed by atoms with Crippen LogP contribution in [0.4, 0.5) is 11.5 Å². The highest BCUT2D eigenvalue weighted by Gasteiger charge is 2.28. The molecule has 0 saturated heterocycles. The Kier molecular flexibility index (Phi) is 5.50. The van der Waals surface area contributed by atoms with E-state index in [1.165, 1.54) is 0 Å². The van der Waals surface area contributed by atoms with E-state index in [0.29, 0.717) is 30.9 Å². The molecule has 0 unspecified atom stereocenters. The second-order valence-electron chi connectivity index (χ2n) is 5.05. The quantitative estimate of drug-likeness (QED) is 0.565. The summed E-state index contributed by atoms with van der Waals surface area (Å²) >= 11 is 0. The van der Waals surface area contributed by atoms with Gasteiger partial charge in [0.05, 0.1) is 10.5 Å². The molecule has 1 heterocycles. The molecule has 0 bridgehead atoms. The molecule has 2 N–H and O–H groups in total. The van der Waals surface area contributed by atoms with Crippen LogP contribution in [0.15, 0.2) is 0 Å². The van der Waals surface area contributed by atoms with Gasteiger partial charge in [-0.05, 0) is 26.2 Å². The fourth-order valence-electron chi connectivity index (χ4n) is 2.09. The van der Waals surface area contributed by atoms with E-state index in [0.717, 1.165) is 6.42 Å². The van der Waals surface area contributed by atoms with Crippen LogP contribution in [0.3, 0.4) is 0 Å². The van der Waals surface area contributed by atoms with Crippen molar-refractivity contribution in [1.82, 2.24) is 9.78 Å². The van der Waals surface area contributed by atoms with Crippen molar-refractivity contribution in [1.29, 1.82) is 0 Å². The number of hydrogen-bond acceptors (Lipinski definition) is 5. The number of aliphatic hydroxyl groups is 1. The summed E-state index contributed by atoms with van der Waals surface area (Å²) in [7, 11) is 0. The summed E-state index contributed by atoms with van der Waals surface area (Å²) in [5.41, 5.74) is -0.473. The number of anilines is 1. The van der Waals surface area contributed by atoms with E-state index in [4.69, 9.17) is 0 Å². The Morgan fingerprint density at radius 2 is 2.00 bits per heavy atom. The van der Waals surface area contributed by atoms with Gasteiger partial charge in [-0.2, -0.15) is 5.10 Å². The van der Waals surface area contributed by atoms with Gasteiger partial charge in [-0.15, -0.1) is 0 Å². The van der Waals surface area contributed by atoms with Gasteiger partial charge in [0.1, 0.15) is 5.69 Å². The molecular weight excluding hydrogens is 260 g/mol. The Morgan fingerprint density at radius 3 is 2.45 bits per heavy atom. The van der Waals surface area contributed by atoms with Gasteiger partial charge in [-0.25, -0.2) is 4.68 Å². The number of rotatable bonds is 8. The van der Waals surface area contributed by atoms with Crippen LogP contribution in [0.25, 0.3) is 0 Å². The highest BCUT2D eigenvalue weighted by Crippen LogP contribution is 2.29. The zero-order valence-corrected chi connectivity index (χ0v) is 12.6. The van der Waals surface area contributed by atoms with Crippen molar-refractivity contribution < 1.29 is 10.0 Å². The van der Waals surface area contributed by atoms with Gasteiger partial charge in [0.25, 0.3) is 0 Å². The van der Waals surface area contributed by atoms with Gasteiger partial charge in [0, 0.05) is 13.1 Å². The van der Waals surface area contributed by atoms with Crippen LogP contribution in [0, 0.1) is 17.0 Å². The van der Waals surface area contributed by atoms with E-state index in [-0.39, 0.29) is 12.2 Å². The predicted octanol–water partition coefficient (Wildman–Crippen LogP) is 2.47. The van der Waals surface area contributed by atoms with Crippen LogP contribution >= 0.6 is 0 Å². The van der Waals surface area contributed by atoms with Crippen molar-refractivity contribution in [3.63, 3.8) is 0 Å². The highest BCUT2D eigenvalue weighted by atomic mass is 16.6. The van der Waals surface area contributed by atoms with E-state index in [2.05, 4.69) is 10.4 Å². The molecule has 7 heteroatoms. The Hall–Kier alpha value is -1.63. The van der Waals surface area contributed by atoms with Crippen molar-refractivity contribution in [3.05, 3.63) is 15.8 Å². The molecule has 1 aromatic rings. The monoisotopic (exact) mass is 284 g/mol. The zero-order valence-electron chi connectivity index (χ0n) is 12.6. The minimum absolute atomic E-state index is 0.00648. The first-order valence-electron chi connectivity index (χ1n) is 7.06. The summed E-state index contributed by atoms with van der Waals surface area (Å²) in [4.78, 5) is 10.8. The molecule has 0 aromatic carbocycles. The van der Waals surface area contributed by atoms with E-state index in [1.807, 2.05) is 20.8 Å². The molecule has 0 aliphatic rings. The molecule has 20 heavy (non-hydrogen) atoms. The first-order valence-corrected chi connectivity index (χ1v) is 7.06. The van der Waals surface area contributed by atoms with Crippen LogP contribution < -0.4 is 5.32 Å². The third kappa shape index (κ3) is 3.47. The molecule has 1 rings (SSSR count). The van der Waals surface area contributed by atoms with Crippen molar-refractivity contribution in [2.75, 3.05) is 11.9 Å². The van der Waals surface area contributed by atoms with Gasteiger partial charge >= 0.3 is 5.69 Å².